The molecule has 20 heavy (non-hydrogen) atoms. The summed E-state index contributed by atoms with van der Waals surface area (Å²) in [7, 11) is 1.55. The van der Waals surface area contributed by atoms with Crippen molar-refractivity contribution in [1.82, 2.24) is 0 Å². The Kier molecular flexibility index (Phi) is 4.85. The average molecular weight is 330 g/mol. The first-order valence-electron chi connectivity index (χ1n) is 6.18. The van der Waals surface area contributed by atoms with E-state index in [-0.39, 0.29) is 5.38 Å². The highest BCUT2D eigenvalue weighted by Gasteiger charge is 2.17. The molecular weight excluding hydrogens is 315 g/mol. The molecule has 0 radical (unpaired) electrons. The van der Waals surface area contributed by atoms with Gasteiger partial charge in [0, 0.05) is 11.1 Å². The largest absolute Gasteiger partial charge is 0.495 e. The molecule has 0 aliphatic carbocycles. The van der Waals surface area contributed by atoms with Crippen LogP contribution >= 0.6 is 34.8 Å². The Morgan fingerprint density at radius 3 is 2.25 bits per heavy atom. The van der Waals surface area contributed by atoms with Crippen LogP contribution in [-0.4, -0.2) is 7.11 Å². The maximum absolute atomic E-state index is 6.54. The summed E-state index contributed by atoms with van der Waals surface area (Å²) in [4.78, 5) is 0. The minimum absolute atomic E-state index is 0.342. The van der Waals surface area contributed by atoms with Crippen LogP contribution < -0.4 is 4.74 Å². The van der Waals surface area contributed by atoms with Gasteiger partial charge in [0.05, 0.1) is 17.5 Å². The summed E-state index contributed by atoms with van der Waals surface area (Å²) in [5, 5.41) is 0.705. The first-order valence-corrected chi connectivity index (χ1v) is 7.37. The molecule has 1 atom stereocenters. The summed E-state index contributed by atoms with van der Waals surface area (Å²) in [6.07, 6.45) is 0. The van der Waals surface area contributed by atoms with E-state index in [2.05, 4.69) is 26.0 Å². The molecule has 0 aromatic heterocycles. The van der Waals surface area contributed by atoms with Crippen molar-refractivity contribution in [3.05, 3.63) is 62.6 Å². The lowest BCUT2D eigenvalue weighted by atomic mass is 10.00. The number of rotatable bonds is 3. The van der Waals surface area contributed by atoms with Crippen molar-refractivity contribution in [3.8, 4) is 5.75 Å². The Morgan fingerprint density at radius 1 is 0.950 bits per heavy atom. The van der Waals surface area contributed by atoms with Crippen LogP contribution in [0.2, 0.25) is 10.0 Å². The summed E-state index contributed by atoms with van der Waals surface area (Å²) in [5.74, 6) is 0.546. The molecule has 0 saturated heterocycles. The Hall–Kier alpha value is -0.890. The van der Waals surface area contributed by atoms with Crippen molar-refractivity contribution in [2.45, 2.75) is 19.2 Å². The van der Waals surface area contributed by atoms with Crippen LogP contribution in [0.25, 0.3) is 0 Å². The molecule has 1 nitrogen and oxygen atoms in total. The van der Waals surface area contributed by atoms with E-state index in [1.54, 1.807) is 19.2 Å². The highest BCUT2D eigenvalue weighted by molar-refractivity contribution is 6.36. The fourth-order valence-corrected chi connectivity index (χ4v) is 2.88. The quantitative estimate of drug-likeness (QED) is 0.632. The van der Waals surface area contributed by atoms with Gasteiger partial charge in [0.25, 0.3) is 0 Å². The lowest BCUT2D eigenvalue weighted by Crippen LogP contribution is -1.97. The number of hydrogen-bond donors (Lipinski definition) is 0. The number of aryl methyl sites for hydroxylation is 2. The molecule has 106 valence electrons. The van der Waals surface area contributed by atoms with E-state index in [0.717, 1.165) is 11.1 Å². The third-order valence-corrected chi connectivity index (χ3v) is 4.48. The minimum Gasteiger partial charge on any atom is -0.495 e. The fourth-order valence-electron chi connectivity index (χ4n) is 2.00. The van der Waals surface area contributed by atoms with E-state index in [1.165, 1.54) is 11.1 Å². The van der Waals surface area contributed by atoms with Gasteiger partial charge in [-0.3, -0.25) is 0 Å². The second-order valence-corrected chi connectivity index (χ2v) is 5.97. The predicted octanol–water partition coefficient (Wildman–Crippen LogP) is 5.95. The van der Waals surface area contributed by atoms with Crippen molar-refractivity contribution in [2.24, 2.45) is 0 Å². The van der Waals surface area contributed by atoms with Crippen LogP contribution in [0.1, 0.15) is 27.6 Å². The standard InChI is InChI=1S/C16H15Cl3O/c1-9-4-5-11(6-10(9)2)16(19)12-7-14(18)15(20-3)8-13(12)17/h4-8,16H,1-3H3. The Balaban J connectivity index is 2.45. The van der Waals surface area contributed by atoms with E-state index < -0.39 is 0 Å². The number of halogens is 3. The monoisotopic (exact) mass is 328 g/mol. The Bertz CT molecular complexity index is 638. The topological polar surface area (TPSA) is 9.23 Å². The lowest BCUT2D eigenvalue weighted by Gasteiger charge is -2.15. The fraction of sp³-hybridized carbons (Fsp3) is 0.250. The number of hydrogen-bond acceptors (Lipinski definition) is 1. The number of alkyl halides is 1. The van der Waals surface area contributed by atoms with Gasteiger partial charge in [0.15, 0.2) is 0 Å². The molecule has 0 heterocycles. The van der Waals surface area contributed by atoms with Crippen molar-refractivity contribution in [3.63, 3.8) is 0 Å². The van der Waals surface area contributed by atoms with Crippen LogP contribution in [0.15, 0.2) is 30.3 Å². The van der Waals surface area contributed by atoms with Crippen LogP contribution in [0.5, 0.6) is 5.75 Å². The normalized spacial score (nSPS) is 12.3. The second kappa shape index (κ2) is 6.26. The highest BCUT2D eigenvalue weighted by atomic mass is 35.5. The molecule has 0 aliphatic rings. The van der Waals surface area contributed by atoms with Gasteiger partial charge in [-0.2, -0.15) is 0 Å². The van der Waals surface area contributed by atoms with Gasteiger partial charge in [-0.25, -0.2) is 0 Å². The zero-order chi connectivity index (χ0) is 14.9. The van der Waals surface area contributed by atoms with E-state index in [1.807, 2.05) is 6.07 Å². The molecule has 0 spiro atoms. The molecule has 0 amide bonds. The second-order valence-electron chi connectivity index (χ2n) is 4.71. The molecule has 4 heteroatoms. The van der Waals surface area contributed by atoms with E-state index in [4.69, 9.17) is 39.5 Å². The molecule has 0 saturated carbocycles. The maximum Gasteiger partial charge on any atom is 0.138 e. The zero-order valence-electron chi connectivity index (χ0n) is 11.5. The predicted molar refractivity (Wildman–Crippen MR) is 86.6 cm³/mol. The smallest absolute Gasteiger partial charge is 0.138 e. The number of benzene rings is 2. The van der Waals surface area contributed by atoms with Crippen molar-refractivity contribution in [1.29, 1.82) is 0 Å². The molecule has 2 aromatic rings. The van der Waals surface area contributed by atoms with Gasteiger partial charge >= 0.3 is 0 Å². The molecule has 0 N–H and O–H groups in total. The van der Waals surface area contributed by atoms with E-state index in [0.29, 0.717) is 15.8 Å². The van der Waals surface area contributed by atoms with E-state index >= 15 is 0 Å². The minimum atomic E-state index is -0.342. The van der Waals surface area contributed by atoms with Gasteiger partial charge < -0.3 is 4.74 Å². The first kappa shape index (κ1) is 15.5. The van der Waals surface area contributed by atoms with Gasteiger partial charge in [-0.1, -0.05) is 41.4 Å². The van der Waals surface area contributed by atoms with Crippen LogP contribution in [0.3, 0.4) is 0 Å². The molecule has 0 bridgehead atoms. The summed E-state index contributed by atoms with van der Waals surface area (Å²) >= 11 is 19.0. The molecule has 1 unspecified atom stereocenters. The van der Waals surface area contributed by atoms with Gasteiger partial charge in [0.1, 0.15) is 5.75 Å². The molecule has 0 aliphatic heterocycles. The first-order chi connectivity index (χ1) is 9.43. The Morgan fingerprint density at radius 2 is 1.65 bits per heavy atom. The SMILES string of the molecule is COc1cc(Cl)c(C(Cl)c2ccc(C)c(C)c2)cc1Cl. The van der Waals surface area contributed by atoms with Gasteiger partial charge in [-0.15, -0.1) is 11.6 Å². The summed E-state index contributed by atoms with van der Waals surface area (Å²) in [6, 6.07) is 9.58. The van der Waals surface area contributed by atoms with Gasteiger partial charge in [0.2, 0.25) is 0 Å². The zero-order valence-corrected chi connectivity index (χ0v) is 13.8. The Labute approximate surface area is 134 Å². The number of methoxy groups -OCH3 is 1. The number of ether oxygens (including phenoxy) is 1. The lowest BCUT2D eigenvalue weighted by molar-refractivity contribution is 0.415. The van der Waals surface area contributed by atoms with Crippen molar-refractivity contribution >= 4 is 34.8 Å². The van der Waals surface area contributed by atoms with Gasteiger partial charge in [-0.05, 0) is 42.2 Å². The summed E-state index contributed by atoms with van der Waals surface area (Å²) < 4.78 is 5.14. The highest BCUT2D eigenvalue weighted by Crippen LogP contribution is 2.39. The van der Waals surface area contributed by atoms with E-state index in [9.17, 15) is 0 Å². The van der Waals surface area contributed by atoms with Crippen LogP contribution in [0.4, 0.5) is 0 Å². The third kappa shape index (κ3) is 3.06. The van der Waals surface area contributed by atoms with Crippen molar-refractivity contribution in [2.75, 3.05) is 7.11 Å². The third-order valence-electron chi connectivity index (χ3n) is 3.37. The maximum atomic E-state index is 6.54. The molecule has 2 aromatic carbocycles. The molecule has 0 fully saturated rings. The van der Waals surface area contributed by atoms with Crippen molar-refractivity contribution < 1.29 is 4.74 Å². The molecular formula is C16H15Cl3O. The summed E-state index contributed by atoms with van der Waals surface area (Å²) in [5.41, 5.74) is 4.21. The average Bonchev–Trinajstić information content (AvgIpc) is 2.43. The van der Waals surface area contributed by atoms with Crippen LogP contribution in [-0.2, 0) is 0 Å². The summed E-state index contributed by atoms with van der Waals surface area (Å²) in [6.45, 7) is 4.13. The van der Waals surface area contributed by atoms with Crippen LogP contribution in [0, 0.1) is 13.8 Å². The molecule has 2 rings (SSSR count).